The van der Waals surface area contributed by atoms with Crippen LogP contribution in [0.4, 0.5) is 0 Å². The second-order valence-electron chi connectivity index (χ2n) is 4.27. The fraction of sp³-hybridized carbons (Fsp3) is 0.462. The standard InChI is InChI=1S/C13H17NOS/c1-10-6-7-16-12(10)9-14-13(15)8-11-4-2-3-5-11/h2,4,6-7,11H,3,5,8-9H2,1H3,(H,14,15)/t11-/m0/s1. The number of allylic oxidation sites excluding steroid dienone is 2. The number of hydrogen-bond donors (Lipinski definition) is 1. The van der Waals surface area contributed by atoms with Gasteiger partial charge in [-0.2, -0.15) is 0 Å². The minimum atomic E-state index is 0.171. The minimum Gasteiger partial charge on any atom is -0.351 e. The fourth-order valence-electron chi connectivity index (χ4n) is 1.94. The molecule has 1 atom stereocenters. The highest BCUT2D eigenvalue weighted by Crippen LogP contribution is 2.20. The first kappa shape index (κ1) is 11.4. The Morgan fingerprint density at radius 1 is 1.62 bits per heavy atom. The Balaban J connectivity index is 1.75. The Kier molecular flexibility index (Phi) is 3.78. The van der Waals surface area contributed by atoms with Gasteiger partial charge in [-0.15, -0.1) is 11.3 Å². The van der Waals surface area contributed by atoms with Gasteiger partial charge in [0.15, 0.2) is 0 Å². The highest BCUT2D eigenvalue weighted by molar-refractivity contribution is 7.10. The quantitative estimate of drug-likeness (QED) is 0.799. The highest BCUT2D eigenvalue weighted by atomic mass is 32.1. The topological polar surface area (TPSA) is 29.1 Å². The number of hydrogen-bond acceptors (Lipinski definition) is 2. The van der Waals surface area contributed by atoms with Crippen molar-refractivity contribution in [1.82, 2.24) is 5.32 Å². The largest absolute Gasteiger partial charge is 0.351 e. The zero-order valence-corrected chi connectivity index (χ0v) is 10.3. The summed E-state index contributed by atoms with van der Waals surface area (Å²) in [6, 6.07) is 2.09. The summed E-state index contributed by atoms with van der Waals surface area (Å²) in [5.74, 6) is 0.633. The van der Waals surface area contributed by atoms with Crippen LogP contribution in [0.2, 0.25) is 0 Å². The molecule has 0 spiro atoms. The van der Waals surface area contributed by atoms with Gasteiger partial charge >= 0.3 is 0 Å². The van der Waals surface area contributed by atoms with Crippen molar-refractivity contribution >= 4 is 17.2 Å². The normalized spacial score (nSPS) is 18.9. The summed E-state index contributed by atoms with van der Waals surface area (Å²) in [6.07, 6.45) is 7.23. The minimum absolute atomic E-state index is 0.171. The maximum absolute atomic E-state index is 11.7. The van der Waals surface area contributed by atoms with Crippen LogP contribution in [0.3, 0.4) is 0 Å². The first-order valence-electron chi connectivity index (χ1n) is 5.72. The van der Waals surface area contributed by atoms with Gasteiger partial charge in [0.05, 0.1) is 6.54 Å². The van der Waals surface area contributed by atoms with E-state index in [-0.39, 0.29) is 5.91 Å². The summed E-state index contributed by atoms with van der Waals surface area (Å²) in [7, 11) is 0. The number of carbonyl (C=O) groups is 1. The van der Waals surface area contributed by atoms with Crippen LogP contribution in [0.25, 0.3) is 0 Å². The molecule has 2 rings (SSSR count). The number of aryl methyl sites for hydroxylation is 1. The lowest BCUT2D eigenvalue weighted by Gasteiger charge is -2.08. The second kappa shape index (κ2) is 5.30. The van der Waals surface area contributed by atoms with Crippen molar-refractivity contribution in [3.63, 3.8) is 0 Å². The molecule has 2 nitrogen and oxygen atoms in total. The molecule has 86 valence electrons. The molecule has 1 heterocycles. The van der Waals surface area contributed by atoms with Gasteiger partial charge in [0, 0.05) is 11.3 Å². The SMILES string of the molecule is Cc1ccsc1CNC(=O)C[C@H]1C=CCC1. The van der Waals surface area contributed by atoms with Crippen LogP contribution in [0.15, 0.2) is 23.6 Å². The second-order valence-corrected chi connectivity index (χ2v) is 5.27. The zero-order valence-electron chi connectivity index (χ0n) is 9.53. The lowest BCUT2D eigenvalue weighted by Crippen LogP contribution is -2.24. The molecule has 1 amide bonds. The predicted octanol–water partition coefficient (Wildman–Crippen LogP) is 3.03. The molecule has 0 radical (unpaired) electrons. The molecule has 0 unspecified atom stereocenters. The summed E-state index contributed by atoms with van der Waals surface area (Å²) in [5.41, 5.74) is 1.27. The molecule has 1 aliphatic carbocycles. The Morgan fingerprint density at radius 3 is 3.12 bits per heavy atom. The maximum atomic E-state index is 11.7. The molecule has 0 aromatic carbocycles. The van der Waals surface area contributed by atoms with Crippen LogP contribution in [0.5, 0.6) is 0 Å². The highest BCUT2D eigenvalue weighted by Gasteiger charge is 2.13. The van der Waals surface area contributed by atoms with E-state index >= 15 is 0 Å². The molecule has 1 aromatic rings. The van der Waals surface area contributed by atoms with Crippen molar-refractivity contribution in [3.8, 4) is 0 Å². The first-order chi connectivity index (χ1) is 7.75. The molecule has 1 aliphatic rings. The monoisotopic (exact) mass is 235 g/mol. The van der Waals surface area contributed by atoms with Gasteiger partial charge in [0.25, 0.3) is 0 Å². The third kappa shape index (κ3) is 2.95. The first-order valence-corrected chi connectivity index (χ1v) is 6.60. The van der Waals surface area contributed by atoms with E-state index in [9.17, 15) is 4.79 Å². The Labute approximate surface area is 100 Å². The van der Waals surface area contributed by atoms with Crippen molar-refractivity contribution in [3.05, 3.63) is 34.0 Å². The van der Waals surface area contributed by atoms with Crippen molar-refractivity contribution in [1.29, 1.82) is 0 Å². The van der Waals surface area contributed by atoms with Gasteiger partial charge in [-0.25, -0.2) is 0 Å². The number of thiophene rings is 1. The molecule has 16 heavy (non-hydrogen) atoms. The number of carbonyl (C=O) groups excluding carboxylic acids is 1. The summed E-state index contributed by atoms with van der Waals surface area (Å²) < 4.78 is 0. The van der Waals surface area contributed by atoms with E-state index in [1.54, 1.807) is 11.3 Å². The molecular formula is C13H17NOS. The van der Waals surface area contributed by atoms with Gasteiger partial charge in [0.2, 0.25) is 5.91 Å². The van der Waals surface area contributed by atoms with Crippen molar-refractivity contribution in [2.45, 2.75) is 32.7 Å². The van der Waals surface area contributed by atoms with E-state index in [0.717, 1.165) is 12.8 Å². The molecule has 1 aromatic heterocycles. The van der Waals surface area contributed by atoms with Gasteiger partial charge in [-0.05, 0) is 42.7 Å². The number of amides is 1. The summed E-state index contributed by atoms with van der Waals surface area (Å²) in [4.78, 5) is 12.9. The van der Waals surface area contributed by atoms with Gasteiger partial charge in [-0.1, -0.05) is 12.2 Å². The van der Waals surface area contributed by atoms with E-state index in [2.05, 4.69) is 35.8 Å². The van der Waals surface area contributed by atoms with Crippen LogP contribution in [0, 0.1) is 12.8 Å². The van der Waals surface area contributed by atoms with Gasteiger partial charge in [-0.3, -0.25) is 4.79 Å². The maximum Gasteiger partial charge on any atom is 0.220 e. The molecule has 1 N–H and O–H groups in total. The van der Waals surface area contributed by atoms with E-state index in [0.29, 0.717) is 18.9 Å². The fourth-order valence-corrected chi connectivity index (χ4v) is 2.79. The van der Waals surface area contributed by atoms with Crippen LogP contribution in [-0.4, -0.2) is 5.91 Å². The van der Waals surface area contributed by atoms with Crippen molar-refractivity contribution in [2.24, 2.45) is 5.92 Å². The van der Waals surface area contributed by atoms with Crippen molar-refractivity contribution in [2.75, 3.05) is 0 Å². The third-order valence-electron chi connectivity index (χ3n) is 2.97. The molecular weight excluding hydrogens is 218 g/mol. The summed E-state index contributed by atoms with van der Waals surface area (Å²) in [5, 5.41) is 5.06. The van der Waals surface area contributed by atoms with E-state index in [1.165, 1.54) is 10.4 Å². The lowest BCUT2D eigenvalue weighted by atomic mass is 10.1. The molecule has 0 bridgehead atoms. The van der Waals surface area contributed by atoms with Crippen LogP contribution in [0.1, 0.15) is 29.7 Å². The predicted molar refractivity (Wildman–Crippen MR) is 67.4 cm³/mol. The average molecular weight is 235 g/mol. The van der Waals surface area contributed by atoms with Crippen LogP contribution >= 0.6 is 11.3 Å². The number of nitrogens with one attached hydrogen (secondary N) is 1. The third-order valence-corrected chi connectivity index (χ3v) is 4.00. The van der Waals surface area contributed by atoms with E-state index < -0.39 is 0 Å². The zero-order chi connectivity index (χ0) is 11.4. The van der Waals surface area contributed by atoms with E-state index in [4.69, 9.17) is 0 Å². The Hall–Kier alpha value is -1.09. The molecule has 0 fully saturated rings. The molecule has 0 aliphatic heterocycles. The average Bonchev–Trinajstić information content (AvgIpc) is 2.87. The number of rotatable bonds is 4. The molecule has 0 saturated heterocycles. The van der Waals surface area contributed by atoms with E-state index in [1.807, 2.05) is 0 Å². The molecule has 0 saturated carbocycles. The van der Waals surface area contributed by atoms with Crippen molar-refractivity contribution < 1.29 is 4.79 Å². The Bertz CT molecular complexity index is 394. The Morgan fingerprint density at radius 2 is 2.50 bits per heavy atom. The summed E-state index contributed by atoms with van der Waals surface area (Å²) >= 11 is 1.71. The van der Waals surface area contributed by atoms with Gasteiger partial charge in [0.1, 0.15) is 0 Å². The molecule has 3 heteroatoms. The lowest BCUT2D eigenvalue weighted by molar-refractivity contribution is -0.121. The van der Waals surface area contributed by atoms with Crippen LogP contribution in [-0.2, 0) is 11.3 Å². The van der Waals surface area contributed by atoms with Crippen LogP contribution < -0.4 is 5.32 Å². The smallest absolute Gasteiger partial charge is 0.220 e. The van der Waals surface area contributed by atoms with Gasteiger partial charge < -0.3 is 5.32 Å². The summed E-state index contributed by atoms with van der Waals surface area (Å²) in [6.45, 7) is 2.76.